The summed E-state index contributed by atoms with van der Waals surface area (Å²) < 4.78 is 20.9. The molecule has 0 saturated heterocycles. The van der Waals surface area contributed by atoms with Crippen LogP contribution in [0.15, 0.2) is 113 Å². The number of fused-ring (bicyclic) bond motifs is 3. The molecule has 4 aromatic rings. The van der Waals surface area contributed by atoms with Gasteiger partial charge in [-0.05, 0) is 110 Å². The van der Waals surface area contributed by atoms with Gasteiger partial charge in [-0.1, -0.05) is 66.5 Å². The Bertz CT molecular complexity index is 2000. The van der Waals surface area contributed by atoms with E-state index in [2.05, 4.69) is 72.2 Å². The van der Waals surface area contributed by atoms with Crippen LogP contribution in [0.1, 0.15) is 74.7 Å². The van der Waals surface area contributed by atoms with Crippen molar-refractivity contribution in [3.63, 3.8) is 0 Å². The number of aliphatic hydroxyl groups excluding tert-OH is 2. The van der Waals surface area contributed by atoms with Crippen molar-refractivity contribution in [3.05, 3.63) is 120 Å². The maximum absolute atomic E-state index is 9.92. The molecule has 0 unspecified atom stereocenters. The second-order valence-corrected chi connectivity index (χ2v) is 16.1. The largest absolute Gasteiger partial charge is 0.487 e. The van der Waals surface area contributed by atoms with Crippen LogP contribution in [-0.2, 0) is 16.2 Å². The number of benzene rings is 3. The summed E-state index contributed by atoms with van der Waals surface area (Å²) in [4.78, 5) is 11.7. The predicted octanol–water partition coefficient (Wildman–Crippen LogP) is 9.57. The zero-order valence-electron chi connectivity index (χ0n) is 32.1. The van der Waals surface area contributed by atoms with E-state index in [0.717, 1.165) is 83.2 Å². The quantitative estimate of drug-likeness (QED) is 0.0587. The van der Waals surface area contributed by atoms with Gasteiger partial charge in [0.05, 0.1) is 29.2 Å². The number of unbranched alkanes of at least 4 members (excludes halogenated alkanes) is 2. The fourth-order valence-corrected chi connectivity index (χ4v) is 10.2. The second-order valence-electron chi connectivity index (χ2n) is 14.8. The van der Waals surface area contributed by atoms with E-state index >= 15 is 0 Å². The first-order chi connectivity index (χ1) is 27.0. The summed E-state index contributed by atoms with van der Waals surface area (Å²) in [6.07, 6.45) is 9.96. The molecule has 6 atom stereocenters. The standard InChI is InChI=1S/C46H54N2O6S/c1-4-25-52-46-43(55-37-21-19-32-14-6-7-15-33(32)26-37)29-41(48-53-5-2)39-27-34(16-8-10-23-49)38(18-9-11-24-50)44(45(39)46)40-28-36(20-22-42(40)54-46)51-30-35-17-12-13-31(3)47-35/h4,6-7,12-15,17,19-22,26-28,34,38,43-45,49-50H,1,5,8-11,16,18,23-25,29-30H2,2-3H3/t34-,38+,43-,44+,45+,46+/m0/s1. The molecule has 0 bridgehead atoms. The molecule has 290 valence electrons. The Kier molecular flexibility index (Phi) is 12.9. The molecule has 0 amide bonds. The number of pyridine rings is 1. The Morgan fingerprint density at radius 3 is 2.56 bits per heavy atom. The first kappa shape index (κ1) is 39.1. The van der Waals surface area contributed by atoms with Gasteiger partial charge >= 0.3 is 0 Å². The SMILES string of the molecule is C=CCO[C@@]12Oc3ccc(OCc4cccc(C)n4)cc3[C@H]3[C@H](CCCCO)[C@@H](CCCCO)C=C(C(=NOCC)C[C@@H]1Sc1ccc4ccccc4c1)[C@H]32. The molecular weight excluding hydrogens is 709 g/mol. The van der Waals surface area contributed by atoms with Crippen molar-refractivity contribution in [3.8, 4) is 11.5 Å². The highest BCUT2D eigenvalue weighted by molar-refractivity contribution is 8.00. The number of aryl methyl sites for hydroxylation is 1. The Labute approximate surface area is 329 Å². The topological polar surface area (TPSA) is 103 Å². The highest BCUT2D eigenvalue weighted by Gasteiger charge is 2.64. The number of ether oxygens (including phenoxy) is 3. The van der Waals surface area contributed by atoms with Gasteiger partial charge in [-0.15, -0.1) is 18.3 Å². The third-order valence-electron chi connectivity index (χ3n) is 11.3. The Balaban J connectivity index is 1.38. The van der Waals surface area contributed by atoms with Crippen LogP contribution in [0.3, 0.4) is 0 Å². The third-order valence-corrected chi connectivity index (χ3v) is 12.6. The van der Waals surface area contributed by atoms with E-state index in [1.165, 1.54) is 10.8 Å². The number of allylic oxidation sites excluding steroid dienone is 1. The average Bonchev–Trinajstić information content (AvgIpc) is 3.20. The van der Waals surface area contributed by atoms with Gasteiger partial charge in [0.15, 0.2) is 0 Å². The number of thioether (sulfide) groups is 1. The third kappa shape index (κ3) is 8.50. The van der Waals surface area contributed by atoms with Gasteiger partial charge < -0.3 is 29.3 Å². The molecule has 1 saturated carbocycles. The summed E-state index contributed by atoms with van der Waals surface area (Å²) >= 11 is 1.77. The minimum Gasteiger partial charge on any atom is -0.487 e. The zero-order chi connectivity index (χ0) is 38.2. The van der Waals surface area contributed by atoms with Crippen LogP contribution in [-0.4, -0.2) is 58.4 Å². The maximum atomic E-state index is 9.92. The second kappa shape index (κ2) is 18.2. The van der Waals surface area contributed by atoms with Gasteiger partial charge in [-0.3, -0.25) is 4.98 Å². The first-order valence-electron chi connectivity index (χ1n) is 19.9. The summed E-state index contributed by atoms with van der Waals surface area (Å²) in [5.41, 5.74) is 4.96. The molecular formula is C46H54N2O6S. The van der Waals surface area contributed by atoms with Gasteiger partial charge in [-0.25, -0.2) is 0 Å². The molecule has 1 fully saturated rings. The van der Waals surface area contributed by atoms with E-state index in [1.54, 1.807) is 11.8 Å². The molecule has 3 aliphatic rings. The Morgan fingerprint density at radius 1 is 0.964 bits per heavy atom. The Morgan fingerprint density at radius 2 is 1.78 bits per heavy atom. The smallest absolute Gasteiger partial charge is 0.231 e. The van der Waals surface area contributed by atoms with Gasteiger partial charge in [0.25, 0.3) is 0 Å². The first-order valence-corrected chi connectivity index (χ1v) is 20.8. The van der Waals surface area contributed by atoms with Crippen LogP contribution in [0, 0.1) is 24.7 Å². The lowest BCUT2D eigenvalue weighted by atomic mass is 9.56. The summed E-state index contributed by atoms with van der Waals surface area (Å²) in [6, 6.07) is 27.2. The number of rotatable bonds is 18. The van der Waals surface area contributed by atoms with Crippen LogP contribution < -0.4 is 9.47 Å². The van der Waals surface area contributed by atoms with Crippen LogP contribution in [0.4, 0.5) is 0 Å². The Hall–Kier alpha value is -4.15. The molecule has 2 heterocycles. The molecule has 2 N–H and O–H groups in total. The lowest BCUT2D eigenvalue weighted by molar-refractivity contribution is -0.223. The molecule has 0 spiro atoms. The molecule has 2 aliphatic carbocycles. The van der Waals surface area contributed by atoms with Crippen molar-refractivity contribution in [1.82, 2.24) is 4.98 Å². The van der Waals surface area contributed by atoms with Gasteiger partial charge in [0.1, 0.15) is 24.7 Å². The molecule has 1 aliphatic heterocycles. The van der Waals surface area contributed by atoms with Crippen LogP contribution >= 0.6 is 11.8 Å². The summed E-state index contributed by atoms with van der Waals surface area (Å²) in [5, 5.41) is 26.7. The lowest BCUT2D eigenvalue weighted by Crippen LogP contribution is -2.64. The van der Waals surface area contributed by atoms with E-state index < -0.39 is 5.79 Å². The van der Waals surface area contributed by atoms with Crippen LogP contribution in [0.25, 0.3) is 10.8 Å². The van der Waals surface area contributed by atoms with E-state index in [0.29, 0.717) is 26.2 Å². The lowest BCUT2D eigenvalue weighted by Gasteiger charge is -2.58. The number of aromatic nitrogens is 1. The van der Waals surface area contributed by atoms with Gasteiger partial charge in [0, 0.05) is 41.7 Å². The van der Waals surface area contributed by atoms with E-state index in [1.807, 2.05) is 44.2 Å². The van der Waals surface area contributed by atoms with E-state index in [9.17, 15) is 10.2 Å². The van der Waals surface area contributed by atoms with Crippen molar-refractivity contribution in [2.75, 3.05) is 26.4 Å². The molecule has 9 heteroatoms. The van der Waals surface area contributed by atoms with Crippen molar-refractivity contribution in [2.45, 2.75) is 87.3 Å². The monoisotopic (exact) mass is 762 g/mol. The number of hydrogen-bond donors (Lipinski definition) is 2. The molecule has 1 aromatic heterocycles. The molecule has 55 heavy (non-hydrogen) atoms. The molecule has 8 nitrogen and oxygen atoms in total. The summed E-state index contributed by atoms with van der Waals surface area (Å²) in [5.74, 6) is 0.684. The average molecular weight is 763 g/mol. The summed E-state index contributed by atoms with van der Waals surface area (Å²) in [7, 11) is 0. The van der Waals surface area contributed by atoms with Crippen molar-refractivity contribution < 1.29 is 29.3 Å². The summed E-state index contributed by atoms with van der Waals surface area (Å²) in [6.45, 7) is 9.48. The number of oxime groups is 1. The molecule has 3 aromatic carbocycles. The molecule has 0 radical (unpaired) electrons. The predicted molar refractivity (Wildman–Crippen MR) is 220 cm³/mol. The van der Waals surface area contributed by atoms with Crippen molar-refractivity contribution in [1.29, 1.82) is 0 Å². The minimum absolute atomic E-state index is 0.0149. The van der Waals surface area contributed by atoms with Gasteiger partial charge in [-0.2, -0.15) is 0 Å². The zero-order valence-corrected chi connectivity index (χ0v) is 32.9. The highest BCUT2D eigenvalue weighted by atomic mass is 32.2. The number of aliphatic hydroxyl groups is 2. The maximum Gasteiger partial charge on any atom is 0.231 e. The van der Waals surface area contributed by atoms with Crippen molar-refractivity contribution >= 4 is 28.2 Å². The fraction of sp³-hybridized carbons (Fsp3) is 0.435. The van der Waals surface area contributed by atoms with E-state index in [-0.39, 0.29) is 42.1 Å². The normalized spacial score (nSPS) is 24.8. The molecule has 7 rings (SSSR count). The van der Waals surface area contributed by atoms with Crippen LogP contribution in [0.5, 0.6) is 11.5 Å². The number of hydrogen-bond acceptors (Lipinski definition) is 9. The van der Waals surface area contributed by atoms with E-state index in [4.69, 9.17) is 24.2 Å². The van der Waals surface area contributed by atoms with Crippen LogP contribution in [0.2, 0.25) is 0 Å². The number of nitrogens with zero attached hydrogens (tertiary/aromatic N) is 2. The van der Waals surface area contributed by atoms with Gasteiger partial charge in [0.2, 0.25) is 5.79 Å². The van der Waals surface area contributed by atoms with Crippen molar-refractivity contribution in [2.24, 2.45) is 22.9 Å². The fourth-order valence-electron chi connectivity index (χ4n) is 8.90. The minimum atomic E-state index is -1.06. The highest BCUT2D eigenvalue weighted by Crippen LogP contribution is 2.63.